The van der Waals surface area contributed by atoms with E-state index in [0.29, 0.717) is 18.7 Å². The van der Waals surface area contributed by atoms with Gasteiger partial charge in [-0.1, -0.05) is 36.4 Å². The molecule has 1 heterocycles. The molecule has 1 fully saturated rings. The number of fused-ring (bicyclic) bond motifs is 1. The number of carbonyl (C=O) groups excluding carboxylic acids is 1. The molecule has 6 heteroatoms. The molecule has 0 radical (unpaired) electrons. The van der Waals surface area contributed by atoms with Crippen molar-refractivity contribution < 1.29 is 19.4 Å². The van der Waals surface area contributed by atoms with Gasteiger partial charge >= 0.3 is 11.9 Å². The molecule has 0 aromatic heterocycles. The molecule has 3 aromatic carbocycles. The first kappa shape index (κ1) is 21.0. The van der Waals surface area contributed by atoms with Gasteiger partial charge in [-0.3, -0.25) is 4.90 Å². The van der Waals surface area contributed by atoms with Crippen molar-refractivity contribution in [2.24, 2.45) is 0 Å². The summed E-state index contributed by atoms with van der Waals surface area (Å²) >= 11 is 0. The number of benzene rings is 3. The van der Waals surface area contributed by atoms with Crippen LogP contribution < -0.4 is 0 Å². The number of aromatic carboxylic acids is 1. The van der Waals surface area contributed by atoms with Crippen molar-refractivity contribution in [2.45, 2.75) is 6.42 Å². The van der Waals surface area contributed by atoms with E-state index in [9.17, 15) is 9.59 Å². The third-order valence-corrected chi connectivity index (χ3v) is 5.72. The summed E-state index contributed by atoms with van der Waals surface area (Å²) in [4.78, 5) is 28.0. The van der Waals surface area contributed by atoms with Gasteiger partial charge in [0.05, 0.1) is 11.1 Å². The Bertz CT molecular complexity index is 1090. The Morgan fingerprint density at radius 3 is 2.19 bits per heavy atom. The van der Waals surface area contributed by atoms with Crippen molar-refractivity contribution in [3.63, 3.8) is 0 Å². The molecule has 1 N–H and O–H groups in total. The quantitative estimate of drug-likeness (QED) is 0.618. The first-order valence-electron chi connectivity index (χ1n) is 10.4. The molecule has 0 amide bonds. The lowest BCUT2D eigenvalue weighted by atomic mass is 9.99. The van der Waals surface area contributed by atoms with Crippen LogP contribution in [-0.4, -0.2) is 66.8 Å². The van der Waals surface area contributed by atoms with E-state index in [-0.39, 0.29) is 11.5 Å². The van der Waals surface area contributed by atoms with Crippen LogP contribution in [0.3, 0.4) is 0 Å². The highest BCUT2D eigenvalue weighted by Crippen LogP contribution is 2.21. The maximum Gasteiger partial charge on any atom is 0.339 e. The second kappa shape index (κ2) is 9.29. The highest BCUT2D eigenvalue weighted by molar-refractivity contribution is 5.95. The van der Waals surface area contributed by atoms with Crippen LogP contribution in [0, 0.1) is 0 Å². The summed E-state index contributed by atoms with van der Waals surface area (Å²) < 4.78 is 5.53. The normalized spacial score (nSPS) is 15.1. The second-order valence-corrected chi connectivity index (χ2v) is 8.06. The number of carboxylic acids is 1. The van der Waals surface area contributed by atoms with E-state index in [1.165, 1.54) is 0 Å². The summed E-state index contributed by atoms with van der Waals surface area (Å²) in [6.07, 6.45) is 0.688. The van der Waals surface area contributed by atoms with Gasteiger partial charge in [-0.2, -0.15) is 0 Å². The van der Waals surface area contributed by atoms with Crippen LogP contribution in [0.4, 0.5) is 0 Å². The number of rotatable bonds is 6. The van der Waals surface area contributed by atoms with Gasteiger partial charge in [0, 0.05) is 26.2 Å². The smallest absolute Gasteiger partial charge is 0.339 e. The molecular weight excluding hydrogens is 392 g/mol. The van der Waals surface area contributed by atoms with Crippen molar-refractivity contribution in [2.75, 3.05) is 40.0 Å². The minimum atomic E-state index is -0.927. The number of nitrogens with zero attached hydrogens (tertiary/aromatic N) is 2. The molecule has 4 rings (SSSR count). The van der Waals surface area contributed by atoms with Gasteiger partial charge in [0.1, 0.15) is 6.73 Å². The number of hydrogen-bond acceptors (Lipinski definition) is 5. The maximum absolute atomic E-state index is 12.6. The fourth-order valence-corrected chi connectivity index (χ4v) is 3.74. The number of piperazine rings is 1. The molecular formula is C25H26N2O4. The number of ether oxygens (including phenoxy) is 1. The predicted molar refractivity (Wildman–Crippen MR) is 120 cm³/mol. The Kier molecular flexibility index (Phi) is 6.30. The van der Waals surface area contributed by atoms with Crippen LogP contribution in [-0.2, 0) is 11.2 Å². The molecule has 0 unspecified atom stereocenters. The van der Waals surface area contributed by atoms with E-state index >= 15 is 0 Å². The second-order valence-electron chi connectivity index (χ2n) is 8.06. The van der Waals surface area contributed by atoms with Crippen LogP contribution in [0.25, 0.3) is 10.8 Å². The minimum Gasteiger partial charge on any atom is -0.478 e. The van der Waals surface area contributed by atoms with E-state index in [2.05, 4.69) is 29.0 Å². The summed E-state index contributed by atoms with van der Waals surface area (Å²) in [5.74, 6) is -1.24. The van der Waals surface area contributed by atoms with Gasteiger partial charge in [0.15, 0.2) is 0 Å². The largest absolute Gasteiger partial charge is 0.478 e. The van der Waals surface area contributed by atoms with Crippen LogP contribution in [0.1, 0.15) is 31.8 Å². The predicted octanol–water partition coefficient (Wildman–Crippen LogP) is 3.49. The summed E-state index contributed by atoms with van der Waals surface area (Å²) in [5, 5.41) is 11.1. The van der Waals surface area contributed by atoms with E-state index in [4.69, 9.17) is 9.84 Å². The zero-order chi connectivity index (χ0) is 21.8. The Hall–Kier alpha value is -3.22. The zero-order valence-electron chi connectivity index (χ0n) is 17.6. The molecule has 0 aliphatic carbocycles. The Labute approximate surface area is 181 Å². The van der Waals surface area contributed by atoms with Crippen molar-refractivity contribution >= 4 is 22.7 Å². The summed E-state index contributed by atoms with van der Waals surface area (Å²) in [5.41, 5.74) is 2.96. The standard InChI is InChI=1S/C25H26N2O4/c1-26-10-12-27(13-11-26)17-31-25(30)22-9-8-20-5-4-19(15-23(20)16-22)14-18-2-6-21(7-3-18)24(28)29/h2-9,15-16H,10-14,17H2,1H3,(H,28,29). The van der Waals surface area contributed by atoms with E-state index < -0.39 is 5.97 Å². The first-order valence-corrected chi connectivity index (χ1v) is 10.4. The van der Waals surface area contributed by atoms with Gasteiger partial charge in [0.25, 0.3) is 0 Å². The fraction of sp³-hybridized carbons (Fsp3) is 0.280. The summed E-state index contributed by atoms with van der Waals surface area (Å²) in [6, 6.07) is 18.7. The number of carbonyl (C=O) groups is 2. The average Bonchev–Trinajstić information content (AvgIpc) is 2.78. The highest BCUT2D eigenvalue weighted by Gasteiger charge is 2.16. The summed E-state index contributed by atoms with van der Waals surface area (Å²) in [6.45, 7) is 4.08. The maximum atomic E-state index is 12.6. The van der Waals surface area contributed by atoms with Crippen molar-refractivity contribution in [3.05, 3.63) is 82.9 Å². The molecule has 1 aliphatic heterocycles. The van der Waals surface area contributed by atoms with E-state index in [1.54, 1.807) is 18.2 Å². The number of likely N-dealkylation sites (N-methyl/N-ethyl adjacent to an activating group) is 1. The number of esters is 1. The van der Waals surface area contributed by atoms with Crippen molar-refractivity contribution in [1.29, 1.82) is 0 Å². The lowest BCUT2D eigenvalue weighted by Gasteiger charge is -2.31. The van der Waals surface area contributed by atoms with Crippen LogP contribution >= 0.6 is 0 Å². The average molecular weight is 418 g/mol. The van der Waals surface area contributed by atoms with Crippen LogP contribution in [0.2, 0.25) is 0 Å². The highest BCUT2D eigenvalue weighted by atomic mass is 16.5. The molecule has 0 bridgehead atoms. The molecule has 1 saturated heterocycles. The Morgan fingerprint density at radius 1 is 0.839 bits per heavy atom. The Morgan fingerprint density at radius 2 is 1.48 bits per heavy atom. The molecule has 3 aromatic rings. The fourth-order valence-electron chi connectivity index (χ4n) is 3.74. The van der Waals surface area contributed by atoms with Crippen LogP contribution in [0.15, 0.2) is 60.7 Å². The van der Waals surface area contributed by atoms with Gasteiger partial charge in [-0.05, 0) is 59.6 Å². The van der Waals surface area contributed by atoms with Gasteiger partial charge in [0.2, 0.25) is 0 Å². The zero-order valence-corrected chi connectivity index (χ0v) is 17.6. The Balaban J connectivity index is 1.44. The lowest BCUT2D eigenvalue weighted by Crippen LogP contribution is -2.45. The molecule has 1 aliphatic rings. The van der Waals surface area contributed by atoms with Crippen LogP contribution in [0.5, 0.6) is 0 Å². The third kappa shape index (κ3) is 5.29. The summed E-state index contributed by atoms with van der Waals surface area (Å²) in [7, 11) is 2.10. The number of carboxylic acid groups (broad SMARTS) is 1. The molecule has 0 saturated carbocycles. The van der Waals surface area contributed by atoms with Gasteiger partial charge < -0.3 is 14.7 Å². The molecule has 0 spiro atoms. The van der Waals surface area contributed by atoms with E-state index in [1.807, 2.05) is 30.3 Å². The monoisotopic (exact) mass is 418 g/mol. The molecule has 0 atom stereocenters. The van der Waals surface area contributed by atoms with Gasteiger partial charge in [-0.25, -0.2) is 9.59 Å². The topological polar surface area (TPSA) is 70.1 Å². The van der Waals surface area contributed by atoms with E-state index in [0.717, 1.165) is 48.1 Å². The molecule has 6 nitrogen and oxygen atoms in total. The van der Waals surface area contributed by atoms with Crippen molar-refractivity contribution in [1.82, 2.24) is 9.80 Å². The SMILES string of the molecule is CN1CCN(COC(=O)c2ccc3ccc(Cc4ccc(C(=O)O)cc4)cc3c2)CC1. The lowest BCUT2D eigenvalue weighted by molar-refractivity contribution is 0.0102. The van der Waals surface area contributed by atoms with Crippen molar-refractivity contribution in [3.8, 4) is 0 Å². The van der Waals surface area contributed by atoms with Gasteiger partial charge in [-0.15, -0.1) is 0 Å². The minimum absolute atomic E-state index is 0.280. The first-order chi connectivity index (χ1) is 15.0. The number of hydrogen-bond donors (Lipinski definition) is 1. The molecule has 31 heavy (non-hydrogen) atoms. The molecule has 160 valence electrons. The third-order valence-electron chi connectivity index (χ3n) is 5.72.